The van der Waals surface area contributed by atoms with Crippen LogP contribution >= 0.6 is 11.6 Å². The fourth-order valence-electron chi connectivity index (χ4n) is 3.83. The lowest BCUT2D eigenvalue weighted by molar-refractivity contribution is 0.242. The highest BCUT2D eigenvalue weighted by Gasteiger charge is 2.22. The van der Waals surface area contributed by atoms with E-state index in [4.69, 9.17) is 16.3 Å². The molecule has 5 rings (SSSR count). The number of ether oxygens (including phenoxy) is 1. The quantitative estimate of drug-likeness (QED) is 0.493. The number of aromatic nitrogens is 5. The maximum Gasteiger partial charge on any atom is 0.255 e. The molecule has 1 aliphatic rings. The first kappa shape index (κ1) is 19.6. The van der Waals surface area contributed by atoms with Gasteiger partial charge in [0, 0.05) is 49.4 Å². The van der Waals surface area contributed by atoms with Crippen molar-refractivity contribution in [2.75, 3.05) is 13.7 Å². The Balaban J connectivity index is 1.41. The monoisotopic (exact) mass is 434 g/mol. The summed E-state index contributed by atoms with van der Waals surface area (Å²) in [5, 5.41) is 1.43. The molecule has 0 atom stereocenters. The number of aromatic amines is 1. The van der Waals surface area contributed by atoms with Gasteiger partial charge in [-0.1, -0.05) is 11.6 Å². The van der Waals surface area contributed by atoms with Crippen molar-refractivity contribution in [1.29, 1.82) is 0 Å². The molecule has 31 heavy (non-hydrogen) atoms. The first-order valence-electron chi connectivity index (χ1n) is 9.83. The van der Waals surface area contributed by atoms with Crippen LogP contribution in [0.2, 0.25) is 5.15 Å². The molecule has 8 nitrogen and oxygen atoms in total. The summed E-state index contributed by atoms with van der Waals surface area (Å²) in [6.45, 7) is 1.85. The van der Waals surface area contributed by atoms with Crippen molar-refractivity contribution >= 4 is 22.5 Å². The molecule has 0 amide bonds. The van der Waals surface area contributed by atoms with E-state index in [9.17, 15) is 4.79 Å². The molecule has 0 unspecified atom stereocenters. The van der Waals surface area contributed by atoms with Crippen LogP contribution in [0.1, 0.15) is 16.8 Å². The van der Waals surface area contributed by atoms with Crippen LogP contribution in [-0.4, -0.2) is 43.5 Å². The number of nitrogens with zero attached hydrogens (tertiary/aromatic N) is 5. The highest BCUT2D eigenvalue weighted by Crippen LogP contribution is 2.26. The third kappa shape index (κ3) is 3.87. The molecule has 0 saturated carbocycles. The van der Waals surface area contributed by atoms with Crippen LogP contribution in [0.5, 0.6) is 5.75 Å². The van der Waals surface area contributed by atoms with Crippen LogP contribution in [0.3, 0.4) is 0 Å². The Kier molecular flexibility index (Phi) is 5.09. The standard InChI is InChI=1S/C22H19ClN6O2/c1-31-16-2-3-18-13(7-16)6-14(20(23)26-18)10-29-5-4-19-17(11-29)22(30)28-21(27-19)15-8-24-12-25-9-15/h2-3,6-9,12H,4-5,10-11H2,1H3,(H,27,28,30). The lowest BCUT2D eigenvalue weighted by Gasteiger charge is -2.28. The van der Waals surface area contributed by atoms with Gasteiger partial charge in [0.1, 0.15) is 23.1 Å². The van der Waals surface area contributed by atoms with Gasteiger partial charge in [0.2, 0.25) is 0 Å². The zero-order valence-electron chi connectivity index (χ0n) is 16.8. The van der Waals surface area contributed by atoms with Crippen molar-refractivity contribution in [3.05, 3.63) is 75.3 Å². The van der Waals surface area contributed by atoms with Gasteiger partial charge >= 0.3 is 0 Å². The van der Waals surface area contributed by atoms with Crippen LogP contribution < -0.4 is 10.3 Å². The summed E-state index contributed by atoms with van der Waals surface area (Å²) in [4.78, 5) is 34.9. The lowest BCUT2D eigenvalue weighted by Crippen LogP contribution is -2.35. The molecule has 1 aliphatic heterocycles. The molecular weight excluding hydrogens is 416 g/mol. The summed E-state index contributed by atoms with van der Waals surface area (Å²) in [6, 6.07) is 7.73. The van der Waals surface area contributed by atoms with Gasteiger partial charge in [-0.25, -0.2) is 19.9 Å². The largest absolute Gasteiger partial charge is 0.497 e. The molecule has 0 fully saturated rings. The molecule has 3 aromatic heterocycles. The zero-order valence-corrected chi connectivity index (χ0v) is 17.6. The van der Waals surface area contributed by atoms with E-state index in [1.165, 1.54) is 6.33 Å². The van der Waals surface area contributed by atoms with E-state index in [0.717, 1.165) is 34.5 Å². The van der Waals surface area contributed by atoms with E-state index < -0.39 is 0 Å². The second kappa shape index (κ2) is 8.05. The van der Waals surface area contributed by atoms with Crippen LogP contribution in [-0.2, 0) is 19.5 Å². The fourth-order valence-corrected chi connectivity index (χ4v) is 4.03. The van der Waals surface area contributed by atoms with Crippen LogP contribution in [0.4, 0.5) is 0 Å². The zero-order chi connectivity index (χ0) is 21.4. The van der Waals surface area contributed by atoms with Crippen molar-refractivity contribution in [2.45, 2.75) is 19.5 Å². The Bertz CT molecular complexity index is 1330. The molecule has 4 heterocycles. The van der Waals surface area contributed by atoms with Gasteiger partial charge in [0.05, 0.1) is 29.4 Å². The van der Waals surface area contributed by atoms with Crippen LogP contribution in [0.25, 0.3) is 22.3 Å². The minimum absolute atomic E-state index is 0.138. The van der Waals surface area contributed by atoms with E-state index in [2.05, 4.69) is 29.8 Å². The number of hydrogen-bond acceptors (Lipinski definition) is 7. The first-order valence-corrected chi connectivity index (χ1v) is 10.2. The van der Waals surface area contributed by atoms with Crippen molar-refractivity contribution in [2.24, 2.45) is 0 Å². The van der Waals surface area contributed by atoms with E-state index in [1.807, 2.05) is 24.3 Å². The number of nitrogens with one attached hydrogen (secondary N) is 1. The number of pyridine rings is 1. The third-order valence-corrected chi connectivity index (χ3v) is 5.75. The van der Waals surface area contributed by atoms with Crippen molar-refractivity contribution in [3.8, 4) is 17.1 Å². The molecule has 0 aliphatic carbocycles. The highest BCUT2D eigenvalue weighted by molar-refractivity contribution is 6.30. The fraction of sp³-hybridized carbons (Fsp3) is 0.227. The number of rotatable bonds is 4. The summed E-state index contributed by atoms with van der Waals surface area (Å²) < 4.78 is 5.31. The number of H-pyrrole nitrogens is 1. The van der Waals surface area contributed by atoms with Gasteiger partial charge in [-0.2, -0.15) is 0 Å². The maximum atomic E-state index is 12.8. The first-order chi connectivity index (χ1) is 15.1. The molecule has 156 valence electrons. The van der Waals surface area contributed by atoms with Crippen molar-refractivity contribution in [1.82, 2.24) is 29.8 Å². The molecule has 4 aromatic rings. The number of halogens is 1. The summed E-state index contributed by atoms with van der Waals surface area (Å²) in [5.74, 6) is 1.26. The number of methoxy groups -OCH3 is 1. The lowest BCUT2D eigenvalue weighted by atomic mass is 10.1. The normalized spacial score (nSPS) is 13.9. The van der Waals surface area contributed by atoms with E-state index in [0.29, 0.717) is 41.6 Å². The SMILES string of the molecule is COc1ccc2nc(Cl)c(CN3CCc4nc(-c5cncnc5)[nH]c(=O)c4C3)cc2c1. The molecule has 1 aromatic carbocycles. The molecular formula is C22H19ClN6O2. The Hall–Kier alpha value is -3.36. The minimum atomic E-state index is -0.138. The molecule has 0 radical (unpaired) electrons. The summed E-state index contributed by atoms with van der Waals surface area (Å²) in [6.07, 6.45) is 5.39. The second-order valence-corrected chi connectivity index (χ2v) is 7.78. The minimum Gasteiger partial charge on any atom is -0.497 e. The van der Waals surface area contributed by atoms with Crippen molar-refractivity contribution in [3.63, 3.8) is 0 Å². The highest BCUT2D eigenvalue weighted by atomic mass is 35.5. The molecule has 0 saturated heterocycles. The van der Waals surface area contributed by atoms with Crippen LogP contribution in [0, 0.1) is 0 Å². The second-order valence-electron chi connectivity index (χ2n) is 7.42. The number of hydrogen-bond donors (Lipinski definition) is 1. The van der Waals surface area contributed by atoms with Gasteiger partial charge < -0.3 is 9.72 Å². The summed E-state index contributed by atoms with van der Waals surface area (Å²) in [7, 11) is 1.64. The number of fused-ring (bicyclic) bond motifs is 2. The molecule has 0 bridgehead atoms. The molecule has 0 spiro atoms. The maximum absolute atomic E-state index is 12.8. The summed E-state index contributed by atoms with van der Waals surface area (Å²) in [5.41, 5.74) is 3.77. The molecule has 9 heteroatoms. The Morgan fingerprint density at radius 2 is 2.03 bits per heavy atom. The van der Waals surface area contributed by atoms with E-state index >= 15 is 0 Å². The Labute approximate surface area is 182 Å². The average Bonchev–Trinajstić information content (AvgIpc) is 2.80. The topological polar surface area (TPSA) is 96.9 Å². The van der Waals surface area contributed by atoms with E-state index in [-0.39, 0.29) is 5.56 Å². The Morgan fingerprint density at radius 3 is 2.84 bits per heavy atom. The van der Waals surface area contributed by atoms with Crippen LogP contribution in [0.15, 0.2) is 47.8 Å². The van der Waals surface area contributed by atoms with E-state index in [1.54, 1.807) is 19.5 Å². The van der Waals surface area contributed by atoms with Crippen molar-refractivity contribution < 1.29 is 4.74 Å². The smallest absolute Gasteiger partial charge is 0.255 e. The van der Waals surface area contributed by atoms with Gasteiger partial charge in [0.25, 0.3) is 5.56 Å². The predicted octanol–water partition coefficient (Wildman–Crippen LogP) is 3.00. The van der Waals surface area contributed by atoms with Gasteiger partial charge in [-0.3, -0.25) is 9.69 Å². The average molecular weight is 435 g/mol. The Morgan fingerprint density at radius 1 is 1.19 bits per heavy atom. The third-order valence-electron chi connectivity index (χ3n) is 5.42. The van der Waals surface area contributed by atoms with Gasteiger partial charge in [-0.15, -0.1) is 0 Å². The number of benzene rings is 1. The predicted molar refractivity (Wildman–Crippen MR) is 117 cm³/mol. The summed E-state index contributed by atoms with van der Waals surface area (Å²) >= 11 is 6.46. The van der Waals surface area contributed by atoms with Gasteiger partial charge in [-0.05, 0) is 24.3 Å². The molecule has 1 N–H and O–H groups in total. The van der Waals surface area contributed by atoms with Gasteiger partial charge in [0.15, 0.2) is 0 Å².